The monoisotopic (exact) mass is 225 g/mol. The molecule has 1 rings (SSSR count). The standard InChI is InChI=1S/C10H15N3O3/c1-3-5(2)9-12-8(11)6(4-7(14)15)10(16)13-9/h5H,3-4H2,1-2H3,(H,14,15)(H3,11,12,13,16). The van der Waals surface area contributed by atoms with Crippen molar-refractivity contribution in [2.45, 2.75) is 32.6 Å². The van der Waals surface area contributed by atoms with Crippen LogP contribution in [-0.2, 0) is 11.2 Å². The molecule has 0 aromatic carbocycles. The van der Waals surface area contributed by atoms with Crippen LogP contribution in [0, 0.1) is 0 Å². The Kier molecular flexibility index (Phi) is 3.65. The first-order valence-corrected chi connectivity index (χ1v) is 5.06. The van der Waals surface area contributed by atoms with E-state index in [0.717, 1.165) is 6.42 Å². The zero-order chi connectivity index (χ0) is 12.3. The van der Waals surface area contributed by atoms with Gasteiger partial charge in [-0.25, -0.2) is 4.98 Å². The highest BCUT2D eigenvalue weighted by Gasteiger charge is 2.14. The number of aromatic amines is 1. The van der Waals surface area contributed by atoms with Gasteiger partial charge in [-0.1, -0.05) is 13.8 Å². The predicted octanol–water partition coefficient (Wildman–Crippen LogP) is 0.493. The van der Waals surface area contributed by atoms with Crippen LogP contribution in [0.4, 0.5) is 5.82 Å². The molecule has 0 spiro atoms. The highest BCUT2D eigenvalue weighted by Crippen LogP contribution is 2.14. The first-order valence-electron chi connectivity index (χ1n) is 5.06. The lowest BCUT2D eigenvalue weighted by Crippen LogP contribution is -2.22. The van der Waals surface area contributed by atoms with Crippen molar-refractivity contribution in [1.29, 1.82) is 0 Å². The molecule has 0 fully saturated rings. The third-order valence-electron chi connectivity index (χ3n) is 2.47. The van der Waals surface area contributed by atoms with Gasteiger partial charge in [-0.15, -0.1) is 0 Å². The summed E-state index contributed by atoms with van der Waals surface area (Å²) in [6.07, 6.45) is 0.412. The number of nitrogens with one attached hydrogen (secondary N) is 1. The van der Waals surface area contributed by atoms with E-state index in [1.54, 1.807) is 0 Å². The van der Waals surface area contributed by atoms with Crippen molar-refractivity contribution in [3.8, 4) is 0 Å². The summed E-state index contributed by atoms with van der Waals surface area (Å²) in [5.41, 5.74) is 5.11. The number of nitrogens with zero attached hydrogens (tertiary/aromatic N) is 1. The quantitative estimate of drug-likeness (QED) is 0.691. The number of aromatic nitrogens is 2. The molecule has 1 heterocycles. The maximum atomic E-state index is 11.6. The Morgan fingerprint density at radius 1 is 1.62 bits per heavy atom. The average molecular weight is 225 g/mol. The fraction of sp³-hybridized carbons (Fsp3) is 0.500. The Balaban J connectivity index is 3.17. The summed E-state index contributed by atoms with van der Waals surface area (Å²) in [6.45, 7) is 3.88. The molecule has 0 saturated heterocycles. The smallest absolute Gasteiger partial charge is 0.308 e. The van der Waals surface area contributed by atoms with Crippen molar-refractivity contribution < 1.29 is 9.90 Å². The predicted molar refractivity (Wildman–Crippen MR) is 59.3 cm³/mol. The number of nitrogen functional groups attached to an aromatic ring is 1. The van der Waals surface area contributed by atoms with Crippen molar-refractivity contribution in [2.75, 3.05) is 5.73 Å². The molecular weight excluding hydrogens is 210 g/mol. The van der Waals surface area contributed by atoms with Gasteiger partial charge in [0.1, 0.15) is 11.6 Å². The summed E-state index contributed by atoms with van der Waals surface area (Å²) in [5, 5.41) is 8.60. The second-order valence-electron chi connectivity index (χ2n) is 3.69. The topological polar surface area (TPSA) is 109 Å². The SMILES string of the molecule is CCC(C)c1nc(N)c(CC(=O)O)c(=O)[nH]1. The average Bonchev–Trinajstić information content (AvgIpc) is 2.21. The number of carboxylic acid groups (broad SMARTS) is 1. The summed E-state index contributed by atoms with van der Waals surface area (Å²) in [6, 6.07) is 0. The number of aliphatic carboxylic acids is 1. The zero-order valence-corrected chi connectivity index (χ0v) is 9.28. The van der Waals surface area contributed by atoms with Crippen LogP contribution in [0.1, 0.15) is 37.6 Å². The molecule has 1 aromatic heterocycles. The summed E-state index contributed by atoms with van der Waals surface area (Å²) in [7, 11) is 0. The van der Waals surface area contributed by atoms with Gasteiger partial charge in [0.2, 0.25) is 0 Å². The number of H-pyrrole nitrogens is 1. The van der Waals surface area contributed by atoms with Crippen molar-refractivity contribution in [2.24, 2.45) is 0 Å². The van der Waals surface area contributed by atoms with Crippen LogP contribution < -0.4 is 11.3 Å². The van der Waals surface area contributed by atoms with Crippen LogP contribution in [0.25, 0.3) is 0 Å². The van der Waals surface area contributed by atoms with Gasteiger partial charge in [-0.2, -0.15) is 0 Å². The van der Waals surface area contributed by atoms with Gasteiger partial charge in [0.05, 0.1) is 12.0 Å². The summed E-state index contributed by atoms with van der Waals surface area (Å²) < 4.78 is 0. The summed E-state index contributed by atoms with van der Waals surface area (Å²) in [5.74, 6) is -0.509. The second-order valence-corrected chi connectivity index (χ2v) is 3.69. The van der Waals surface area contributed by atoms with E-state index in [-0.39, 0.29) is 17.3 Å². The van der Waals surface area contributed by atoms with E-state index < -0.39 is 17.9 Å². The molecular formula is C10H15N3O3. The minimum absolute atomic E-state index is 0.00134. The van der Waals surface area contributed by atoms with Crippen LogP contribution in [0.15, 0.2) is 4.79 Å². The molecule has 0 bridgehead atoms. The lowest BCUT2D eigenvalue weighted by atomic mass is 10.1. The Morgan fingerprint density at radius 2 is 2.25 bits per heavy atom. The Morgan fingerprint density at radius 3 is 2.69 bits per heavy atom. The van der Waals surface area contributed by atoms with Gasteiger partial charge in [-0.3, -0.25) is 9.59 Å². The molecule has 0 radical (unpaired) electrons. The number of carboxylic acids is 1. The number of rotatable bonds is 4. The van der Waals surface area contributed by atoms with Crippen LogP contribution in [0.3, 0.4) is 0 Å². The molecule has 0 aliphatic rings. The van der Waals surface area contributed by atoms with Crippen LogP contribution >= 0.6 is 0 Å². The molecule has 4 N–H and O–H groups in total. The van der Waals surface area contributed by atoms with Crippen molar-refractivity contribution in [3.05, 3.63) is 21.7 Å². The van der Waals surface area contributed by atoms with Gasteiger partial charge in [0, 0.05) is 5.92 Å². The van der Waals surface area contributed by atoms with Gasteiger partial charge >= 0.3 is 5.97 Å². The molecule has 1 unspecified atom stereocenters. The van der Waals surface area contributed by atoms with Crippen LogP contribution in [0.5, 0.6) is 0 Å². The first-order chi connectivity index (χ1) is 7.45. The van der Waals surface area contributed by atoms with Gasteiger partial charge < -0.3 is 15.8 Å². The molecule has 0 aliphatic carbocycles. The third-order valence-corrected chi connectivity index (χ3v) is 2.47. The number of carbonyl (C=O) groups is 1. The van der Waals surface area contributed by atoms with E-state index in [0.29, 0.717) is 5.82 Å². The van der Waals surface area contributed by atoms with E-state index >= 15 is 0 Å². The molecule has 1 atom stereocenters. The number of hydrogen-bond donors (Lipinski definition) is 3. The van der Waals surface area contributed by atoms with Crippen molar-refractivity contribution in [1.82, 2.24) is 9.97 Å². The van der Waals surface area contributed by atoms with E-state index in [2.05, 4.69) is 9.97 Å². The van der Waals surface area contributed by atoms with E-state index in [4.69, 9.17) is 10.8 Å². The number of hydrogen-bond acceptors (Lipinski definition) is 4. The maximum absolute atomic E-state index is 11.6. The second kappa shape index (κ2) is 4.78. The fourth-order valence-electron chi connectivity index (χ4n) is 1.28. The zero-order valence-electron chi connectivity index (χ0n) is 9.28. The van der Waals surface area contributed by atoms with E-state index in [9.17, 15) is 9.59 Å². The lowest BCUT2D eigenvalue weighted by Gasteiger charge is -2.09. The molecule has 16 heavy (non-hydrogen) atoms. The molecule has 1 aromatic rings. The Bertz CT molecular complexity index is 453. The molecule has 88 valence electrons. The largest absolute Gasteiger partial charge is 0.481 e. The van der Waals surface area contributed by atoms with Gasteiger partial charge in [0.15, 0.2) is 0 Å². The number of nitrogens with two attached hydrogens (primary N) is 1. The van der Waals surface area contributed by atoms with Crippen LogP contribution in [-0.4, -0.2) is 21.0 Å². The maximum Gasteiger partial charge on any atom is 0.308 e. The van der Waals surface area contributed by atoms with Crippen molar-refractivity contribution in [3.63, 3.8) is 0 Å². The third kappa shape index (κ3) is 2.59. The lowest BCUT2D eigenvalue weighted by molar-refractivity contribution is -0.136. The van der Waals surface area contributed by atoms with E-state index in [1.165, 1.54) is 0 Å². The molecule has 6 heteroatoms. The highest BCUT2D eigenvalue weighted by molar-refractivity contribution is 5.71. The Hall–Kier alpha value is -1.85. The molecule has 6 nitrogen and oxygen atoms in total. The molecule has 0 amide bonds. The van der Waals surface area contributed by atoms with Gasteiger partial charge in [0.25, 0.3) is 5.56 Å². The number of anilines is 1. The Labute approximate surface area is 92.5 Å². The molecule has 0 aliphatic heterocycles. The summed E-state index contributed by atoms with van der Waals surface area (Å²) >= 11 is 0. The fourth-order valence-corrected chi connectivity index (χ4v) is 1.28. The van der Waals surface area contributed by atoms with Crippen molar-refractivity contribution >= 4 is 11.8 Å². The van der Waals surface area contributed by atoms with E-state index in [1.807, 2.05) is 13.8 Å². The molecule has 0 saturated carbocycles. The minimum atomic E-state index is -1.10. The first kappa shape index (κ1) is 12.2. The normalized spacial score (nSPS) is 12.4. The minimum Gasteiger partial charge on any atom is -0.481 e. The van der Waals surface area contributed by atoms with Crippen LogP contribution in [0.2, 0.25) is 0 Å². The highest BCUT2D eigenvalue weighted by atomic mass is 16.4. The van der Waals surface area contributed by atoms with Gasteiger partial charge in [-0.05, 0) is 6.42 Å². The summed E-state index contributed by atoms with van der Waals surface area (Å²) in [4.78, 5) is 28.7.